The van der Waals surface area contributed by atoms with Crippen LogP contribution in [-0.4, -0.2) is 21.2 Å². The van der Waals surface area contributed by atoms with E-state index in [4.69, 9.17) is 0 Å². The van der Waals surface area contributed by atoms with Gasteiger partial charge in [-0.15, -0.1) is 0 Å². The van der Waals surface area contributed by atoms with E-state index in [9.17, 15) is 0 Å². The molecule has 0 saturated heterocycles. The third-order valence-electron chi connectivity index (χ3n) is 3.94. The van der Waals surface area contributed by atoms with Crippen LogP contribution in [0.2, 0.25) is 0 Å². The molecule has 0 saturated carbocycles. The summed E-state index contributed by atoms with van der Waals surface area (Å²) in [5.74, 6) is 1.11. The molecule has 0 aliphatic carbocycles. The van der Waals surface area contributed by atoms with Crippen LogP contribution in [0.25, 0.3) is 0 Å². The highest BCUT2D eigenvalue weighted by atomic mass is 79.9. The Hall–Kier alpha value is -3.78. The van der Waals surface area contributed by atoms with E-state index in [0.29, 0.717) is 17.8 Å². The summed E-state index contributed by atoms with van der Waals surface area (Å²) in [6.45, 7) is 0. The Bertz CT molecular complexity index is 1060. The maximum absolute atomic E-state index is 4.46. The number of nitrogens with zero attached hydrogens (tertiary/aromatic N) is 4. The van der Waals surface area contributed by atoms with Crippen molar-refractivity contribution in [2.75, 3.05) is 16.1 Å². The predicted octanol–water partition coefficient (Wildman–Crippen LogP) is 5.57. The van der Waals surface area contributed by atoms with Crippen LogP contribution in [0.15, 0.2) is 94.5 Å². The van der Waals surface area contributed by atoms with E-state index in [-0.39, 0.29) is 0 Å². The molecule has 0 spiro atoms. The van der Waals surface area contributed by atoms with Crippen molar-refractivity contribution in [1.82, 2.24) is 15.0 Å². The van der Waals surface area contributed by atoms with Crippen LogP contribution in [0.5, 0.6) is 0 Å². The number of aromatic nitrogens is 3. The molecular weight excluding hydrogens is 442 g/mol. The van der Waals surface area contributed by atoms with Crippen molar-refractivity contribution >= 4 is 51.4 Å². The Morgan fingerprint density at radius 1 is 0.633 bits per heavy atom. The Balaban J connectivity index is 1.56. The number of benzene rings is 3. The van der Waals surface area contributed by atoms with Crippen LogP contribution < -0.4 is 16.1 Å². The van der Waals surface area contributed by atoms with E-state index >= 15 is 0 Å². The topological polar surface area (TPSA) is 87.1 Å². The quantitative estimate of drug-likeness (QED) is 0.247. The molecule has 0 amide bonds. The molecule has 7 nitrogen and oxygen atoms in total. The fraction of sp³-hybridized carbons (Fsp3) is 0. The smallest absolute Gasteiger partial charge is 0.250 e. The van der Waals surface area contributed by atoms with Crippen molar-refractivity contribution in [3.8, 4) is 0 Å². The molecule has 0 radical (unpaired) electrons. The van der Waals surface area contributed by atoms with Crippen molar-refractivity contribution in [3.63, 3.8) is 0 Å². The van der Waals surface area contributed by atoms with Gasteiger partial charge in [-0.2, -0.15) is 20.1 Å². The maximum atomic E-state index is 4.46. The molecule has 0 aliphatic heterocycles. The minimum absolute atomic E-state index is 0.315. The van der Waals surface area contributed by atoms with E-state index in [1.165, 1.54) is 0 Å². The summed E-state index contributed by atoms with van der Waals surface area (Å²) in [5.41, 5.74) is 5.57. The molecule has 0 unspecified atom stereocenters. The summed E-state index contributed by atoms with van der Waals surface area (Å²) in [4.78, 5) is 13.3. The predicted molar refractivity (Wildman–Crippen MR) is 125 cm³/mol. The van der Waals surface area contributed by atoms with Crippen molar-refractivity contribution in [1.29, 1.82) is 0 Å². The summed E-state index contributed by atoms with van der Waals surface area (Å²) in [6.07, 6.45) is 1.70. The zero-order valence-corrected chi connectivity index (χ0v) is 17.4. The molecule has 30 heavy (non-hydrogen) atoms. The number of hydrogen-bond acceptors (Lipinski definition) is 7. The molecule has 0 bridgehead atoms. The minimum Gasteiger partial charge on any atom is -0.324 e. The molecule has 0 atom stereocenters. The molecule has 0 aliphatic rings. The van der Waals surface area contributed by atoms with E-state index in [1.54, 1.807) is 6.21 Å². The van der Waals surface area contributed by atoms with E-state index < -0.39 is 0 Å². The molecule has 3 aromatic carbocycles. The van der Waals surface area contributed by atoms with Gasteiger partial charge in [-0.05, 0) is 42.0 Å². The van der Waals surface area contributed by atoms with Gasteiger partial charge in [-0.25, -0.2) is 5.43 Å². The van der Waals surface area contributed by atoms with Gasteiger partial charge in [-0.1, -0.05) is 64.5 Å². The molecular formula is C22H18BrN7. The van der Waals surface area contributed by atoms with Gasteiger partial charge >= 0.3 is 0 Å². The lowest BCUT2D eigenvalue weighted by atomic mass is 10.2. The third-order valence-corrected chi connectivity index (χ3v) is 4.47. The molecule has 148 valence electrons. The Morgan fingerprint density at radius 2 is 1.13 bits per heavy atom. The highest BCUT2D eigenvalue weighted by Gasteiger charge is 2.07. The lowest BCUT2D eigenvalue weighted by Crippen LogP contribution is -2.07. The van der Waals surface area contributed by atoms with Gasteiger partial charge in [0, 0.05) is 15.8 Å². The number of hydrazone groups is 1. The van der Waals surface area contributed by atoms with E-state index in [2.05, 4.69) is 52.0 Å². The summed E-state index contributed by atoms with van der Waals surface area (Å²) in [7, 11) is 0. The molecule has 8 heteroatoms. The zero-order chi connectivity index (χ0) is 20.6. The van der Waals surface area contributed by atoms with Crippen molar-refractivity contribution in [2.24, 2.45) is 5.10 Å². The second-order valence-electron chi connectivity index (χ2n) is 6.21. The van der Waals surface area contributed by atoms with Crippen LogP contribution >= 0.6 is 15.9 Å². The zero-order valence-electron chi connectivity index (χ0n) is 15.8. The normalized spacial score (nSPS) is 10.7. The van der Waals surface area contributed by atoms with Crippen molar-refractivity contribution in [2.45, 2.75) is 0 Å². The van der Waals surface area contributed by atoms with Crippen molar-refractivity contribution < 1.29 is 0 Å². The summed E-state index contributed by atoms with van der Waals surface area (Å²) in [6, 6.07) is 27.2. The number of rotatable bonds is 7. The highest BCUT2D eigenvalue weighted by molar-refractivity contribution is 9.10. The Kier molecular flexibility index (Phi) is 6.26. The third kappa shape index (κ3) is 5.62. The molecule has 4 aromatic rings. The van der Waals surface area contributed by atoms with Crippen LogP contribution in [-0.2, 0) is 0 Å². The average molecular weight is 460 g/mol. The SMILES string of the molecule is Brc1ccc(/C=N\Nc2nc(Nc3ccccc3)nc(Nc3ccccc3)n2)cc1. The Labute approximate surface area is 182 Å². The Morgan fingerprint density at radius 3 is 1.67 bits per heavy atom. The minimum atomic E-state index is 0.315. The number of halogens is 1. The fourth-order valence-electron chi connectivity index (χ4n) is 2.55. The number of nitrogens with one attached hydrogen (secondary N) is 3. The van der Waals surface area contributed by atoms with E-state index in [1.807, 2.05) is 84.9 Å². The summed E-state index contributed by atoms with van der Waals surface area (Å²) < 4.78 is 1.01. The average Bonchev–Trinajstić information content (AvgIpc) is 2.76. The molecule has 1 aromatic heterocycles. The van der Waals surface area contributed by atoms with Crippen LogP contribution in [0.4, 0.5) is 29.2 Å². The second-order valence-corrected chi connectivity index (χ2v) is 7.13. The lowest BCUT2D eigenvalue weighted by Gasteiger charge is -2.10. The fourth-order valence-corrected chi connectivity index (χ4v) is 2.82. The largest absolute Gasteiger partial charge is 0.324 e. The van der Waals surface area contributed by atoms with Crippen molar-refractivity contribution in [3.05, 3.63) is 95.0 Å². The first-order chi connectivity index (χ1) is 14.7. The van der Waals surface area contributed by atoms with E-state index in [0.717, 1.165) is 21.4 Å². The number of hydrogen-bond donors (Lipinski definition) is 3. The van der Waals surface area contributed by atoms with Gasteiger partial charge in [0.2, 0.25) is 17.8 Å². The van der Waals surface area contributed by atoms with Gasteiger partial charge in [0.25, 0.3) is 0 Å². The molecule has 4 rings (SSSR count). The van der Waals surface area contributed by atoms with Gasteiger partial charge in [0.05, 0.1) is 6.21 Å². The monoisotopic (exact) mass is 459 g/mol. The van der Waals surface area contributed by atoms with Gasteiger partial charge < -0.3 is 10.6 Å². The van der Waals surface area contributed by atoms with Gasteiger partial charge in [-0.3, -0.25) is 0 Å². The summed E-state index contributed by atoms with van der Waals surface area (Å²) in [5, 5.41) is 10.6. The highest BCUT2D eigenvalue weighted by Crippen LogP contribution is 2.18. The van der Waals surface area contributed by atoms with Gasteiger partial charge in [0.15, 0.2) is 0 Å². The standard InChI is InChI=1S/C22H18BrN7/c23-17-13-11-16(12-14-17)15-24-30-22-28-20(25-18-7-3-1-4-8-18)27-21(29-22)26-19-9-5-2-6-10-19/h1-15H,(H3,25,26,27,28,29,30)/b24-15-. The first kappa shape index (κ1) is 19.5. The van der Waals surface area contributed by atoms with Crippen LogP contribution in [0, 0.1) is 0 Å². The first-order valence-corrected chi connectivity index (χ1v) is 9.99. The van der Waals surface area contributed by atoms with Gasteiger partial charge in [0.1, 0.15) is 0 Å². The van der Waals surface area contributed by atoms with Crippen LogP contribution in [0.3, 0.4) is 0 Å². The maximum Gasteiger partial charge on any atom is 0.250 e. The lowest BCUT2D eigenvalue weighted by molar-refractivity contribution is 1.04. The molecule has 3 N–H and O–H groups in total. The molecule has 1 heterocycles. The second kappa shape index (κ2) is 9.62. The molecule has 0 fully saturated rings. The number of para-hydroxylation sites is 2. The number of anilines is 5. The summed E-state index contributed by atoms with van der Waals surface area (Å²) >= 11 is 3.42. The van der Waals surface area contributed by atoms with Crippen LogP contribution in [0.1, 0.15) is 5.56 Å². The first-order valence-electron chi connectivity index (χ1n) is 9.19.